The number of aliphatic hydroxyl groups is 1. The van der Waals surface area contributed by atoms with E-state index in [1.807, 2.05) is 0 Å². The molecule has 0 saturated carbocycles. The molecule has 2 rings (SSSR count). The van der Waals surface area contributed by atoms with Crippen LogP contribution in [0.25, 0.3) is 0 Å². The summed E-state index contributed by atoms with van der Waals surface area (Å²) in [5.74, 6) is -0.325. The van der Waals surface area contributed by atoms with Crippen LogP contribution in [0.1, 0.15) is 11.7 Å². The third kappa shape index (κ3) is 2.18. The van der Waals surface area contributed by atoms with Crippen LogP contribution in [0.5, 0.6) is 0 Å². The quantitative estimate of drug-likeness (QED) is 0.835. The predicted molar refractivity (Wildman–Crippen MR) is 67.7 cm³/mol. The summed E-state index contributed by atoms with van der Waals surface area (Å²) < 4.78 is 25.1. The van der Waals surface area contributed by atoms with E-state index in [0.29, 0.717) is 16.3 Å². The van der Waals surface area contributed by atoms with Crippen LogP contribution < -0.4 is 4.31 Å². The number of aliphatic hydroxyl groups excluding tert-OH is 1. The van der Waals surface area contributed by atoms with Crippen molar-refractivity contribution in [2.75, 3.05) is 16.6 Å². The SMILES string of the molecule is C=CCN1c2ccc(Cl)cc2C(O)CS1(=O)=O. The molecule has 0 saturated heterocycles. The number of benzene rings is 1. The largest absolute Gasteiger partial charge is 0.387 e. The van der Waals surface area contributed by atoms with E-state index in [4.69, 9.17) is 11.6 Å². The van der Waals surface area contributed by atoms with Gasteiger partial charge in [-0.2, -0.15) is 0 Å². The minimum absolute atomic E-state index is 0.184. The molecule has 1 atom stereocenters. The molecule has 4 nitrogen and oxygen atoms in total. The molecular weight excluding hydrogens is 262 g/mol. The molecule has 1 aromatic carbocycles. The minimum atomic E-state index is -3.49. The van der Waals surface area contributed by atoms with E-state index in [2.05, 4.69) is 6.58 Å². The van der Waals surface area contributed by atoms with Gasteiger partial charge < -0.3 is 5.11 Å². The van der Waals surface area contributed by atoms with E-state index in [0.717, 1.165) is 0 Å². The molecule has 0 bridgehead atoms. The molecule has 1 aliphatic rings. The highest BCUT2D eigenvalue weighted by Crippen LogP contribution is 2.36. The van der Waals surface area contributed by atoms with Gasteiger partial charge in [-0.05, 0) is 18.2 Å². The van der Waals surface area contributed by atoms with Crippen molar-refractivity contribution in [2.24, 2.45) is 0 Å². The summed E-state index contributed by atoms with van der Waals surface area (Å²) in [5.41, 5.74) is 1.00. The van der Waals surface area contributed by atoms with E-state index >= 15 is 0 Å². The van der Waals surface area contributed by atoms with Gasteiger partial charge in [-0.15, -0.1) is 6.58 Å². The third-order valence-corrected chi connectivity index (χ3v) is 4.61. The van der Waals surface area contributed by atoms with E-state index in [-0.39, 0.29) is 12.3 Å². The van der Waals surface area contributed by atoms with Crippen LogP contribution in [0.3, 0.4) is 0 Å². The molecule has 1 unspecified atom stereocenters. The molecule has 0 amide bonds. The lowest BCUT2D eigenvalue weighted by atomic mass is 10.1. The topological polar surface area (TPSA) is 57.6 Å². The monoisotopic (exact) mass is 273 g/mol. The summed E-state index contributed by atoms with van der Waals surface area (Å²) in [4.78, 5) is 0. The summed E-state index contributed by atoms with van der Waals surface area (Å²) in [6, 6.07) is 4.79. The van der Waals surface area contributed by atoms with Crippen molar-refractivity contribution in [1.29, 1.82) is 0 Å². The Bertz CT molecular complexity index is 556. The summed E-state index contributed by atoms with van der Waals surface area (Å²) in [6.45, 7) is 3.72. The number of fused-ring (bicyclic) bond motifs is 1. The smallest absolute Gasteiger partial charge is 0.238 e. The number of rotatable bonds is 2. The minimum Gasteiger partial charge on any atom is -0.387 e. The molecule has 0 fully saturated rings. The Morgan fingerprint density at radius 3 is 2.94 bits per heavy atom. The second-order valence-electron chi connectivity index (χ2n) is 3.82. The van der Waals surface area contributed by atoms with Crippen molar-refractivity contribution in [2.45, 2.75) is 6.10 Å². The molecule has 0 spiro atoms. The van der Waals surface area contributed by atoms with Gasteiger partial charge in [0.1, 0.15) is 0 Å². The fraction of sp³-hybridized carbons (Fsp3) is 0.273. The fourth-order valence-corrected chi connectivity index (χ4v) is 3.62. The summed E-state index contributed by atoms with van der Waals surface area (Å²) in [5, 5.41) is 10.3. The second kappa shape index (κ2) is 4.33. The van der Waals surface area contributed by atoms with Crippen LogP contribution in [0, 0.1) is 0 Å². The Labute approximate surface area is 105 Å². The van der Waals surface area contributed by atoms with Crippen molar-refractivity contribution < 1.29 is 13.5 Å². The van der Waals surface area contributed by atoms with Gasteiger partial charge in [0.05, 0.1) is 24.1 Å². The molecule has 1 N–H and O–H groups in total. The summed E-state index contributed by atoms with van der Waals surface area (Å²) in [7, 11) is -3.49. The maximum absolute atomic E-state index is 11.9. The van der Waals surface area contributed by atoms with Gasteiger partial charge in [0, 0.05) is 10.6 Å². The number of nitrogens with zero attached hydrogens (tertiary/aromatic N) is 1. The maximum atomic E-state index is 11.9. The van der Waals surface area contributed by atoms with Crippen LogP contribution in [-0.4, -0.2) is 25.8 Å². The maximum Gasteiger partial charge on any atom is 0.238 e. The molecule has 17 heavy (non-hydrogen) atoms. The van der Waals surface area contributed by atoms with Crippen molar-refractivity contribution in [1.82, 2.24) is 0 Å². The lowest BCUT2D eigenvalue weighted by Crippen LogP contribution is -2.39. The molecule has 1 heterocycles. The first-order valence-electron chi connectivity index (χ1n) is 5.04. The zero-order chi connectivity index (χ0) is 12.6. The van der Waals surface area contributed by atoms with Gasteiger partial charge >= 0.3 is 0 Å². The number of hydrogen-bond acceptors (Lipinski definition) is 3. The summed E-state index contributed by atoms with van der Waals surface area (Å²) >= 11 is 5.84. The van der Waals surface area contributed by atoms with Gasteiger partial charge in [-0.25, -0.2) is 8.42 Å². The molecular formula is C11H12ClNO3S. The number of anilines is 1. The Morgan fingerprint density at radius 2 is 2.29 bits per heavy atom. The molecule has 1 aliphatic heterocycles. The zero-order valence-electron chi connectivity index (χ0n) is 9.01. The van der Waals surface area contributed by atoms with E-state index < -0.39 is 16.1 Å². The van der Waals surface area contributed by atoms with Gasteiger partial charge in [-0.3, -0.25) is 4.31 Å². The highest BCUT2D eigenvalue weighted by molar-refractivity contribution is 7.92. The lowest BCUT2D eigenvalue weighted by molar-refractivity contribution is 0.200. The molecule has 0 aromatic heterocycles. The van der Waals surface area contributed by atoms with E-state index in [1.165, 1.54) is 10.4 Å². The lowest BCUT2D eigenvalue weighted by Gasteiger charge is -2.32. The van der Waals surface area contributed by atoms with E-state index in [9.17, 15) is 13.5 Å². The van der Waals surface area contributed by atoms with Crippen molar-refractivity contribution in [3.05, 3.63) is 41.4 Å². The van der Waals surface area contributed by atoms with Gasteiger partial charge in [-0.1, -0.05) is 17.7 Å². The third-order valence-electron chi connectivity index (χ3n) is 2.62. The standard InChI is InChI=1S/C11H12ClNO3S/c1-2-5-13-10-4-3-8(12)6-9(10)11(14)7-17(13,15)16/h2-4,6,11,14H,1,5,7H2. The fourth-order valence-electron chi connectivity index (χ4n) is 1.88. The Morgan fingerprint density at radius 1 is 1.59 bits per heavy atom. The average molecular weight is 274 g/mol. The predicted octanol–water partition coefficient (Wildman–Crippen LogP) is 1.71. The van der Waals surface area contributed by atoms with Crippen molar-refractivity contribution in [3.63, 3.8) is 0 Å². The molecule has 0 aliphatic carbocycles. The van der Waals surface area contributed by atoms with Crippen molar-refractivity contribution in [3.8, 4) is 0 Å². The van der Waals surface area contributed by atoms with Crippen LogP contribution in [0.2, 0.25) is 5.02 Å². The average Bonchev–Trinajstić information content (AvgIpc) is 2.24. The van der Waals surface area contributed by atoms with Gasteiger partial charge in [0.25, 0.3) is 0 Å². The molecule has 1 aromatic rings. The highest BCUT2D eigenvalue weighted by Gasteiger charge is 2.34. The first-order valence-corrected chi connectivity index (χ1v) is 7.03. The van der Waals surface area contributed by atoms with Crippen LogP contribution in [0.4, 0.5) is 5.69 Å². The number of halogens is 1. The highest BCUT2D eigenvalue weighted by atomic mass is 35.5. The van der Waals surface area contributed by atoms with Crippen LogP contribution in [-0.2, 0) is 10.0 Å². The number of sulfonamides is 1. The first-order chi connectivity index (χ1) is 7.95. The first kappa shape index (κ1) is 12.4. The molecule has 92 valence electrons. The zero-order valence-corrected chi connectivity index (χ0v) is 10.6. The van der Waals surface area contributed by atoms with E-state index in [1.54, 1.807) is 18.2 Å². The molecule has 6 heteroatoms. The summed E-state index contributed by atoms with van der Waals surface area (Å²) in [6.07, 6.45) is 0.475. The Balaban J connectivity index is 2.61. The van der Waals surface area contributed by atoms with Gasteiger partial charge in [0.2, 0.25) is 10.0 Å². The Kier molecular flexibility index (Phi) is 3.16. The van der Waals surface area contributed by atoms with Crippen LogP contribution >= 0.6 is 11.6 Å². The molecule has 0 radical (unpaired) electrons. The van der Waals surface area contributed by atoms with Gasteiger partial charge in [0.15, 0.2) is 0 Å². The number of hydrogen-bond donors (Lipinski definition) is 1. The normalized spacial score (nSPS) is 22.0. The van der Waals surface area contributed by atoms with Crippen molar-refractivity contribution >= 4 is 27.3 Å². The Hall–Kier alpha value is -1.04. The second-order valence-corrected chi connectivity index (χ2v) is 6.19. The van der Waals surface area contributed by atoms with Crippen LogP contribution in [0.15, 0.2) is 30.9 Å².